The van der Waals surface area contributed by atoms with E-state index in [0.29, 0.717) is 34.8 Å². The summed E-state index contributed by atoms with van der Waals surface area (Å²) in [4.78, 5) is 19.0. The molecule has 1 amide bonds. The summed E-state index contributed by atoms with van der Waals surface area (Å²) in [7, 11) is 0. The molecule has 0 aliphatic rings. The Bertz CT molecular complexity index is 1190. The van der Waals surface area contributed by atoms with Crippen LogP contribution in [0.5, 0.6) is 0 Å². The van der Waals surface area contributed by atoms with Crippen LogP contribution in [0.15, 0.2) is 82.0 Å². The van der Waals surface area contributed by atoms with Crippen LogP contribution in [-0.4, -0.2) is 15.8 Å². The lowest BCUT2D eigenvalue weighted by atomic mass is 10.1. The molecule has 0 unspecified atom stereocenters. The van der Waals surface area contributed by atoms with Crippen molar-refractivity contribution in [3.05, 3.63) is 112 Å². The van der Waals surface area contributed by atoms with E-state index in [-0.39, 0.29) is 24.2 Å². The molecule has 6 nitrogen and oxygen atoms in total. The minimum atomic E-state index is -0.329. The summed E-state index contributed by atoms with van der Waals surface area (Å²) >= 11 is 12.5. The monoisotopic (exact) mass is 483 g/mol. The lowest BCUT2D eigenvalue weighted by Gasteiger charge is -2.28. The van der Waals surface area contributed by atoms with Crippen molar-refractivity contribution in [2.45, 2.75) is 32.6 Å². The van der Waals surface area contributed by atoms with Crippen LogP contribution < -0.4 is 5.32 Å². The van der Waals surface area contributed by atoms with Gasteiger partial charge in [-0.15, -0.1) is 0 Å². The topological polar surface area (TPSA) is 71.5 Å². The van der Waals surface area contributed by atoms with Gasteiger partial charge in [-0.25, -0.2) is 4.98 Å². The summed E-state index contributed by atoms with van der Waals surface area (Å²) < 4.78 is 10.9. The maximum atomic E-state index is 12.4. The number of hydrogen-bond acceptors (Lipinski definition) is 5. The van der Waals surface area contributed by atoms with Gasteiger partial charge in [0, 0.05) is 22.6 Å². The van der Waals surface area contributed by atoms with Crippen LogP contribution in [0, 0.1) is 0 Å². The highest BCUT2D eigenvalue weighted by atomic mass is 35.5. The van der Waals surface area contributed by atoms with E-state index in [1.807, 2.05) is 30.3 Å². The lowest BCUT2D eigenvalue weighted by molar-refractivity contribution is 0.0943. The third-order valence-electron chi connectivity index (χ3n) is 5.34. The Morgan fingerprint density at radius 2 is 1.88 bits per heavy atom. The third kappa shape index (κ3) is 6.05. The zero-order valence-corrected chi connectivity index (χ0v) is 19.5. The first kappa shape index (κ1) is 23.1. The number of oxazole rings is 1. The van der Waals surface area contributed by atoms with Gasteiger partial charge < -0.3 is 14.2 Å². The summed E-state index contributed by atoms with van der Waals surface area (Å²) in [5.41, 5.74) is 2.30. The van der Waals surface area contributed by atoms with Crippen molar-refractivity contribution >= 4 is 29.1 Å². The molecule has 0 aliphatic heterocycles. The molecule has 0 fully saturated rings. The van der Waals surface area contributed by atoms with Crippen molar-refractivity contribution in [3.8, 4) is 0 Å². The van der Waals surface area contributed by atoms with Crippen LogP contribution in [0.4, 0.5) is 0 Å². The highest BCUT2D eigenvalue weighted by Gasteiger charge is 2.21. The smallest absolute Gasteiger partial charge is 0.273 e. The van der Waals surface area contributed by atoms with Gasteiger partial charge in [-0.05, 0) is 42.3 Å². The van der Waals surface area contributed by atoms with Crippen molar-refractivity contribution in [1.82, 2.24) is 15.2 Å². The van der Waals surface area contributed by atoms with Gasteiger partial charge in [0.2, 0.25) is 5.89 Å². The Morgan fingerprint density at radius 1 is 1.06 bits per heavy atom. The van der Waals surface area contributed by atoms with E-state index in [2.05, 4.69) is 34.3 Å². The zero-order chi connectivity index (χ0) is 23.2. The first-order valence-corrected chi connectivity index (χ1v) is 11.2. The second kappa shape index (κ2) is 10.7. The molecule has 0 aliphatic carbocycles. The molecule has 33 heavy (non-hydrogen) atoms. The molecule has 170 valence electrons. The second-order valence-electron chi connectivity index (χ2n) is 7.62. The van der Waals surface area contributed by atoms with E-state index in [1.54, 1.807) is 24.5 Å². The summed E-state index contributed by atoms with van der Waals surface area (Å²) in [6.45, 7) is 3.33. The molecule has 2 aromatic carbocycles. The minimum absolute atomic E-state index is 0.0427. The number of furan rings is 1. The standard InChI is InChI=1S/C25H23Cl2N3O3/c1-17(18-6-3-2-4-7-18)30(14-19-9-10-20(26)12-22(19)27)15-24-29-23(16-33-24)25(31)28-13-21-8-5-11-32-21/h2-12,16-17H,13-15H2,1H3,(H,28,31)/t17-/m0/s1. The Labute approximate surface area is 202 Å². The van der Waals surface area contributed by atoms with Gasteiger partial charge in [0.05, 0.1) is 19.4 Å². The van der Waals surface area contributed by atoms with Crippen molar-refractivity contribution in [2.24, 2.45) is 0 Å². The van der Waals surface area contributed by atoms with Gasteiger partial charge in [0.1, 0.15) is 12.0 Å². The van der Waals surface area contributed by atoms with Crippen molar-refractivity contribution < 1.29 is 13.6 Å². The van der Waals surface area contributed by atoms with E-state index in [1.165, 1.54) is 6.26 Å². The van der Waals surface area contributed by atoms with E-state index in [4.69, 9.17) is 32.0 Å². The third-order valence-corrected chi connectivity index (χ3v) is 5.93. The number of hydrogen-bond donors (Lipinski definition) is 1. The number of amides is 1. The molecular weight excluding hydrogens is 461 g/mol. The maximum absolute atomic E-state index is 12.4. The van der Waals surface area contributed by atoms with E-state index >= 15 is 0 Å². The number of nitrogens with one attached hydrogen (secondary N) is 1. The van der Waals surface area contributed by atoms with E-state index in [9.17, 15) is 4.79 Å². The molecule has 8 heteroatoms. The van der Waals surface area contributed by atoms with Gasteiger partial charge in [-0.3, -0.25) is 9.69 Å². The highest BCUT2D eigenvalue weighted by molar-refractivity contribution is 6.35. The van der Waals surface area contributed by atoms with Gasteiger partial charge in [0.25, 0.3) is 5.91 Å². The van der Waals surface area contributed by atoms with Gasteiger partial charge >= 0.3 is 0 Å². The Morgan fingerprint density at radius 3 is 2.61 bits per heavy atom. The van der Waals surface area contributed by atoms with Crippen molar-refractivity contribution in [2.75, 3.05) is 0 Å². The fourth-order valence-corrected chi connectivity index (χ4v) is 3.94. The molecular formula is C25H23Cl2N3O3. The second-order valence-corrected chi connectivity index (χ2v) is 8.46. The van der Waals surface area contributed by atoms with Crippen LogP contribution >= 0.6 is 23.2 Å². The number of benzene rings is 2. The Kier molecular flexibility index (Phi) is 7.50. The van der Waals surface area contributed by atoms with Crippen LogP contribution in [-0.2, 0) is 19.6 Å². The van der Waals surface area contributed by atoms with E-state index < -0.39 is 0 Å². The molecule has 0 saturated heterocycles. The molecule has 0 saturated carbocycles. The van der Waals surface area contributed by atoms with Crippen molar-refractivity contribution in [3.63, 3.8) is 0 Å². The van der Waals surface area contributed by atoms with Gasteiger partial charge in [-0.1, -0.05) is 59.6 Å². The van der Waals surface area contributed by atoms with E-state index in [0.717, 1.165) is 11.1 Å². The summed E-state index contributed by atoms with van der Waals surface area (Å²) in [5.74, 6) is 0.769. The predicted molar refractivity (Wildman–Crippen MR) is 127 cm³/mol. The molecule has 0 radical (unpaired) electrons. The Hall–Kier alpha value is -3.06. The summed E-state index contributed by atoms with van der Waals surface area (Å²) in [6.07, 6.45) is 2.93. The first-order chi connectivity index (χ1) is 16.0. The number of carbonyl (C=O) groups is 1. The average molecular weight is 484 g/mol. The molecule has 0 spiro atoms. The lowest BCUT2D eigenvalue weighted by Crippen LogP contribution is -2.27. The fraction of sp³-hybridized carbons (Fsp3) is 0.200. The Balaban J connectivity index is 1.50. The summed E-state index contributed by atoms with van der Waals surface area (Å²) in [6, 6.07) is 19.2. The first-order valence-electron chi connectivity index (χ1n) is 10.5. The molecule has 1 atom stereocenters. The number of halogens is 2. The highest BCUT2D eigenvalue weighted by Crippen LogP contribution is 2.28. The molecule has 2 aromatic heterocycles. The molecule has 0 bridgehead atoms. The average Bonchev–Trinajstić information content (AvgIpc) is 3.51. The summed E-state index contributed by atoms with van der Waals surface area (Å²) in [5, 5.41) is 3.95. The van der Waals surface area contributed by atoms with Gasteiger partial charge in [-0.2, -0.15) is 0 Å². The number of nitrogens with zero attached hydrogens (tertiary/aromatic N) is 2. The van der Waals surface area contributed by atoms with Crippen LogP contribution in [0.3, 0.4) is 0 Å². The minimum Gasteiger partial charge on any atom is -0.467 e. The number of aromatic nitrogens is 1. The quantitative estimate of drug-likeness (QED) is 0.303. The van der Waals surface area contributed by atoms with Crippen LogP contribution in [0.2, 0.25) is 10.0 Å². The fourth-order valence-electron chi connectivity index (χ4n) is 3.47. The molecule has 2 heterocycles. The largest absolute Gasteiger partial charge is 0.467 e. The molecule has 4 aromatic rings. The molecule has 4 rings (SSSR count). The maximum Gasteiger partial charge on any atom is 0.273 e. The van der Waals surface area contributed by atoms with Crippen LogP contribution in [0.25, 0.3) is 0 Å². The zero-order valence-electron chi connectivity index (χ0n) is 18.0. The number of rotatable bonds is 9. The number of carbonyl (C=O) groups excluding carboxylic acids is 1. The molecule has 1 N–H and O–H groups in total. The van der Waals surface area contributed by atoms with Crippen LogP contribution in [0.1, 0.15) is 46.2 Å². The normalized spacial score (nSPS) is 12.1. The predicted octanol–water partition coefficient (Wildman–Crippen LogP) is 6.27. The van der Waals surface area contributed by atoms with Crippen molar-refractivity contribution in [1.29, 1.82) is 0 Å². The SMILES string of the molecule is C[C@@H](c1ccccc1)N(Cc1nc(C(=O)NCc2ccco2)co1)Cc1ccc(Cl)cc1Cl. The van der Waals surface area contributed by atoms with Gasteiger partial charge in [0.15, 0.2) is 5.69 Å².